The van der Waals surface area contributed by atoms with Crippen LogP contribution in [-0.4, -0.2) is 16.3 Å². The van der Waals surface area contributed by atoms with Crippen molar-refractivity contribution >= 4 is 11.8 Å². The molecular weight excluding hydrogens is 297 g/mol. The van der Waals surface area contributed by atoms with Crippen LogP contribution in [0, 0.1) is 11.8 Å². The molecule has 0 amide bonds. The van der Waals surface area contributed by atoms with Gasteiger partial charge in [-0.2, -0.15) is 13.2 Å². The molecule has 6 heteroatoms. The fourth-order valence-corrected chi connectivity index (χ4v) is 3.92. The molecule has 3 unspecified atom stereocenters. The minimum atomic E-state index is -4.33. The number of nitrogens with two attached hydrogens (primary N) is 1. The summed E-state index contributed by atoms with van der Waals surface area (Å²) in [5.41, 5.74) is 5.45. The van der Waals surface area contributed by atoms with E-state index in [-0.39, 0.29) is 11.3 Å². The Balaban J connectivity index is 2.03. The van der Waals surface area contributed by atoms with E-state index < -0.39 is 11.7 Å². The Morgan fingerprint density at radius 3 is 2.52 bits per heavy atom. The first kappa shape index (κ1) is 16.6. The van der Waals surface area contributed by atoms with Crippen molar-refractivity contribution in [2.45, 2.75) is 55.6 Å². The van der Waals surface area contributed by atoms with Crippen molar-refractivity contribution in [3.05, 3.63) is 23.9 Å². The highest BCUT2D eigenvalue weighted by molar-refractivity contribution is 7.99. The largest absolute Gasteiger partial charge is 0.417 e. The summed E-state index contributed by atoms with van der Waals surface area (Å²) < 4.78 is 37.5. The first-order chi connectivity index (χ1) is 9.77. The van der Waals surface area contributed by atoms with Crippen LogP contribution in [0.5, 0.6) is 0 Å². The van der Waals surface area contributed by atoms with Crippen molar-refractivity contribution < 1.29 is 13.2 Å². The molecule has 1 aliphatic rings. The second-order valence-corrected chi connectivity index (χ2v) is 7.28. The van der Waals surface area contributed by atoms with Crippen molar-refractivity contribution in [2.24, 2.45) is 17.6 Å². The number of nitrogens with zero attached hydrogens (tertiary/aromatic N) is 1. The van der Waals surface area contributed by atoms with E-state index >= 15 is 0 Å². The summed E-state index contributed by atoms with van der Waals surface area (Å²) >= 11 is 1.51. The number of aromatic nitrogens is 1. The Morgan fingerprint density at radius 2 is 2.00 bits per heavy atom. The molecule has 0 spiro atoms. The van der Waals surface area contributed by atoms with E-state index in [4.69, 9.17) is 5.73 Å². The monoisotopic (exact) mass is 318 g/mol. The molecule has 1 aromatic rings. The maximum Gasteiger partial charge on any atom is 0.417 e. The number of rotatable bonds is 3. The average molecular weight is 318 g/mol. The van der Waals surface area contributed by atoms with Gasteiger partial charge in [-0.1, -0.05) is 13.8 Å². The smallest absolute Gasteiger partial charge is 0.327 e. The van der Waals surface area contributed by atoms with Crippen molar-refractivity contribution in [3.63, 3.8) is 0 Å². The normalized spacial score (nSPS) is 27.1. The molecule has 0 bridgehead atoms. The van der Waals surface area contributed by atoms with Crippen molar-refractivity contribution in [1.29, 1.82) is 0 Å². The summed E-state index contributed by atoms with van der Waals surface area (Å²) in [5, 5.41) is 0.850. The van der Waals surface area contributed by atoms with Crippen LogP contribution in [0.25, 0.3) is 0 Å². The third-order valence-electron chi connectivity index (χ3n) is 4.16. The lowest BCUT2D eigenvalue weighted by Crippen LogP contribution is -2.39. The summed E-state index contributed by atoms with van der Waals surface area (Å²) in [4.78, 5) is 3.93. The van der Waals surface area contributed by atoms with Gasteiger partial charge in [0.2, 0.25) is 0 Å². The first-order valence-electron chi connectivity index (χ1n) is 7.23. The Kier molecular flexibility index (Phi) is 5.20. The highest BCUT2D eigenvalue weighted by Crippen LogP contribution is 2.38. The Bertz CT molecular complexity index is 459. The van der Waals surface area contributed by atoms with Gasteiger partial charge in [-0.3, -0.25) is 0 Å². The molecule has 1 heterocycles. The number of halogens is 3. The van der Waals surface area contributed by atoms with Crippen LogP contribution < -0.4 is 5.73 Å². The molecule has 118 valence electrons. The minimum Gasteiger partial charge on any atom is -0.327 e. The van der Waals surface area contributed by atoms with Gasteiger partial charge in [-0.15, -0.1) is 11.8 Å². The van der Waals surface area contributed by atoms with Crippen LogP contribution in [0.3, 0.4) is 0 Å². The van der Waals surface area contributed by atoms with Gasteiger partial charge in [0.1, 0.15) is 0 Å². The first-order valence-corrected chi connectivity index (χ1v) is 8.11. The average Bonchev–Trinajstić information content (AvgIpc) is 2.40. The predicted molar refractivity (Wildman–Crippen MR) is 79.0 cm³/mol. The van der Waals surface area contributed by atoms with Crippen molar-refractivity contribution in [1.82, 2.24) is 4.98 Å². The fraction of sp³-hybridized carbons (Fsp3) is 0.667. The molecule has 2 nitrogen and oxygen atoms in total. The lowest BCUT2D eigenvalue weighted by Gasteiger charge is -2.35. The van der Waals surface area contributed by atoms with Gasteiger partial charge in [-0.25, -0.2) is 4.98 Å². The molecule has 1 saturated carbocycles. The van der Waals surface area contributed by atoms with E-state index in [1.165, 1.54) is 17.8 Å². The summed E-state index contributed by atoms with van der Waals surface area (Å²) in [6.45, 7) is 4.42. The Hall–Kier alpha value is -0.750. The van der Waals surface area contributed by atoms with Gasteiger partial charge in [0, 0.05) is 17.5 Å². The molecule has 0 aliphatic heterocycles. The second kappa shape index (κ2) is 6.57. The number of thioether (sulfide) groups is 1. The fourth-order valence-electron chi connectivity index (χ4n) is 2.70. The third kappa shape index (κ3) is 4.36. The lowest BCUT2D eigenvalue weighted by molar-refractivity contribution is -0.137. The molecule has 3 atom stereocenters. The van der Waals surface area contributed by atoms with Crippen molar-refractivity contribution in [3.8, 4) is 0 Å². The van der Waals surface area contributed by atoms with Crippen LogP contribution in [0.15, 0.2) is 23.4 Å². The molecule has 0 saturated heterocycles. The minimum absolute atomic E-state index is 0.0918. The van der Waals surface area contributed by atoms with E-state index in [2.05, 4.69) is 18.8 Å². The van der Waals surface area contributed by atoms with E-state index in [9.17, 15) is 13.2 Å². The van der Waals surface area contributed by atoms with E-state index in [0.29, 0.717) is 16.9 Å². The molecule has 1 fully saturated rings. The molecule has 0 radical (unpaired) electrons. The van der Waals surface area contributed by atoms with Gasteiger partial charge in [0.05, 0.1) is 10.6 Å². The zero-order valence-electron chi connectivity index (χ0n) is 12.2. The van der Waals surface area contributed by atoms with E-state index in [0.717, 1.165) is 31.5 Å². The lowest BCUT2D eigenvalue weighted by atomic mass is 9.79. The quantitative estimate of drug-likeness (QED) is 0.901. The standard InChI is InChI=1S/C15H21F3N2S/c1-9(2)10-3-5-12(19)13(7-10)21-14-6-4-11(8-20-14)15(16,17)18/h4,6,8-10,12-13H,3,5,7,19H2,1-2H3. The van der Waals surface area contributed by atoms with Gasteiger partial charge in [0.25, 0.3) is 0 Å². The molecule has 2 rings (SSSR count). The van der Waals surface area contributed by atoms with E-state index in [1.54, 1.807) is 0 Å². The second-order valence-electron chi connectivity index (χ2n) is 6.02. The molecule has 1 aromatic heterocycles. The molecular formula is C15H21F3N2S. The predicted octanol–water partition coefficient (Wildman–Crippen LogP) is 4.34. The van der Waals surface area contributed by atoms with Crippen LogP contribution >= 0.6 is 11.8 Å². The summed E-state index contributed by atoms with van der Waals surface area (Å²) in [5.74, 6) is 1.25. The Labute approximate surface area is 127 Å². The highest BCUT2D eigenvalue weighted by Gasteiger charge is 2.32. The number of pyridine rings is 1. The summed E-state index contributed by atoms with van der Waals surface area (Å²) in [7, 11) is 0. The molecule has 1 aliphatic carbocycles. The Morgan fingerprint density at radius 1 is 1.29 bits per heavy atom. The number of alkyl halides is 3. The SMILES string of the molecule is CC(C)C1CCC(N)C(Sc2ccc(C(F)(F)F)cn2)C1. The maximum absolute atomic E-state index is 12.5. The molecule has 2 N–H and O–H groups in total. The van der Waals surface area contributed by atoms with Gasteiger partial charge < -0.3 is 5.73 Å². The topological polar surface area (TPSA) is 38.9 Å². The van der Waals surface area contributed by atoms with Crippen LogP contribution in [-0.2, 0) is 6.18 Å². The third-order valence-corrected chi connectivity index (χ3v) is 5.49. The number of hydrogen-bond donors (Lipinski definition) is 1. The van der Waals surface area contributed by atoms with Crippen LogP contribution in [0.2, 0.25) is 0 Å². The zero-order valence-corrected chi connectivity index (χ0v) is 13.0. The van der Waals surface area contributed by atoms with Gasteiger partial charge in [0.15, 0.2) is 0 Å². The van der Waals surface area contributed by atoms with Crippen molar-refractivity contribution in [2.75, 3.05) is 0 Å². The van der Waals surface area contributed by atoms with Crippen LogP contribution in [0.4, 0.5) is 13.2 Å². The zero-order chi connectivity index (χ0) is 15.6. The number of hydrogen-bond acceptors (Lipinski definition) is 3. The van der Waals surface area contributed by atoms with Crippen LogP contribution in [0.1, 0.15) is 38.7 Å². The highest BCUT2D eigenvalue weighted by atomic mass is 32.2. The maximum atomic E-state index is 12.5. The summed E-state index contributed by atoms with van der Waals surface area (Å²) in [6.07, 6.45) is -0.319. The van der Waals surface area contributed by atoms with E-state index in [1.807, 2.05) is 0 Å². The van der Waals surface area contributed by atoms with Gasteiger partial charge >= 0.3 is 6.18 Å². The summed E-state index contributed by atoms with van der Waals surface area (Å²) in [6, 6.07) is 2.62. The van der Waals surface area contributed by atoms with Gasteiger partial charge in [-0.05, 0) is 43.2 Å². The molecule has 0 aromatic carbocycles. The molecule has 21 heavy (non-hydrogen) atoms.